The number of anilines is 1. The number of nitrogens with zero attached hydrogens (tertiary/aromatic N) is 4. The van der Waals surface area contributed by atoms with Gasteiger partial charge < -0.3 is 10.6 Å². The van der Waals surface area contributed by atoms with Crippen LogP contribution in [0, 0.1) is 11.3 Å². The summed E-state index contributed by atoms with van der Waals surface area (Å²) < 4.78 is 0. The number of azide groups is 1. The molecule has 28 heavy (non-hydrogen) atoms. The fraction of sp³-hybridized carbons (Fsp3) is 0.0476. The van der Waals surface area contributed by atoms with Crippen molar-refractivity contribution in [3.05, 3.63) is 106 Å². The molecule has 0 saturated heterocycles. The number of thiocarbonyl (C=S) groups is 1. The zero-order chi connectivity index (χ0) is 19.8. The van der Waals surface area contributed by atoms with Crippen molar-refractivity contribution < 1.29 is 0 Å². The van der Waals surface area contributed by atoms with Crippen LogP contribution in [-0.4, -0.2) is 5.11 Å². The van der Waals surface area contributed by atoms with Gasteiger partial charge in [0.1, 0.15) is 0 Å². The molecule has 1 atom stereocenters. The Bertz CT molecular complexity index is 1050. The van der Waals surface area contributed by atoms with Crippen LogP contribution in [-0.2, 0) is 0 Å². The van der Waals surface area contributed by atoms with E-state index >= 15 is 0 Å². The molecule has 0 aliphatic rings. The first-order chi connectivity index (χ1) is 13.7. The summed E-state index contributed by atoms with van der Waals surface area (Å²) in [6.07, 6.45) is 0. The van der Waals surface area contributed by atoms with Crippen LogP contribution in [0.1, 0.15) is 22.7 Å². The molecule has 0 aliphatic carbocycles. The van der Waals surface area contributed by atoms with Gasteiger partial charge in [-0.25, -0.2) is 0 Å². The normalized spacial score (nSPS) is 10.8. The molecule has 0 aromatic heterocycles. The van der Waals surface area contributed by atoms with E-state index in [4.69, 9.17) is 23.0 Å². The molecule has 0 aliphatic heterocycles. The zero-order valence-corrected chi connectivity index (χ0v) is 15.6. The van der Waals surface area contributed by atoms with Gasteiger partial charge in [-0.05, 0) is 59.2 Å². The molecule has 3 aromatic rings. The molecule has 0 spiro atoms. The molecule has 136 valence electrons. The minimum absolute atomic E-state index is 0.228. The van der Waals surface area contributed by atoms with Gasteiger partial charge in [-0.1, -0.05) is 53.6 Å². The molecule has 0 amide bonds. The van der Waals surface area contributed by atoms with E-state index in [9.17, 15) is 0 Å². The first-order valence-electron chi connectivity index (χ1n) is 8.47. The monoisotopic (exact) mass is 384 g/mol. The molecule has 0 fully saturated rings. The molecule has 3 rings (SSSR count). The number of benzene rings is 3. The van der Waals surface area contributed by atoms with Crippen LogP contribution >= 0.6 is 12.2 Å². The molecular formula is C21H16N6S. The predicted molar refractivity (Wildman–Crippen MR) is 114 cm³/mol. The van der Waals surface area contributed by atoms with Crippen molar-refractivity contribution in [3.8, 4) is 6.07 Å². The van der Waals surface area contributed by atoms with E-state index in [2.05, 4.69) is 26.7 Å². The highest BCUT2D eigenvalue weighted by Gasteiger charge is 2.15. The lowest BCUT2D eigenvalue weighted by molar-refractivity contribution is 0.769. The second kappa shape index (κ2) is 9.19. The Morgan fingerprint density at radius 2 is 1.71 bits per heavy atom. The molecule has 2 N–H and O–H groups in total. The Kier molecular flexibility index (Phi) is 6.21. The number of rotatable bonds is 5. The van der Waals surface area contributed by atoms with Crippen molar-refractivity contribution in [1.82, 2.24) is 5.32 Å². The second-order valence-electron chi connectivity index (χ2n) is 5.92. The van der Waals surface area contributed by atoms with E-state index in [-0.39, 0.29) is 6.04 Å². The van der Waals surface area contributed by atoms with Crippen LogP contribution < -0.4 is 10.6 Å². The van der Waals surface area contributed by atoms with Gasteiger partial charge in [-0.3, -0.25) is 0 Å². The molecule has 0 heterocycles. The first kappa shape index (κ1) is 18.9. The summed E-state index contributed by atoms with van der Waals surface area (Å²) in [5, 5.41) is 19.5. The van der Waals surface area contributed by atoms with Crippen molar-refractivity contribution in [2.45, 2.75) is 6.04 Å². The fourth-order valence-electron chi connectivity index (χ4n) is 2.75. The lowest BCUT2D eigenvalue weighted by Gasteiger charge is -2.22. The maximum absolute atomic E-state index is 8.90. The van der Waals surface area contributed by atoms with Crippen molar-refractivity contribution in [2.75, 3.05) is 5.32 Å². The van der Waals surface area contributed by atoms with E-state index < -0.39 is 0 Å². The predicted octanol–water partition coefficient (Wildman–Crippen LogP) is 5.58. The van der Waals surface area contributed by atoms with Crippen LogP contribution in [0.25, 0.3) is 10.4 Å². The first-order valence-corrected chi connectivity index (χ1v) is 8.88. The topological polar surface area (TPSA) is 96.6 Å². The molecule has 1 unspecified atom stereocenters. The summed E-state index contributed by atoms with van der Waals surface area (Å²) >= 11 is 5.49. The third-order valence-corrected chi connectivity index (χ3v) is 4.26. The smallest absolute Gasteiger partial charge is 0.171 e. The Balaban J connectivity index is 1.85. The van der Waals surface area contributed by atoms with E-state index in [1.54, 1.807) is 30.3 Å². The molecule has 0 bridgehead atoms. The Labute approximate surface area is 168 Å². The van der Waals surface area contributed by atoms with Crippen molar-refractivity contribution in [3.63, 3.8) is 0 Å². The lowest BCUT2D eigenvalue weighted by atomic mass is 9.98. The van der Waals surface area contributed by atoms with Gasteiger partial charge in [0.05, 0.1) is 17.7 Å². The van der Waals surface area contributed by atoms with Crippen LogP contribution in [0.5, 0.6) is 0 Å². The number of hydrogen-bond donors (Lipinski definition) is 2. The maximum Gasteiger partial charge on any atom is 0.171 e. The molecule has 6 nitrogen and oxygen atoms in total. The molecule has 0 radical (unpaired) electrons. The van der Waals surface area contributed by atoms with Gasteiger partial charge in [0.2, 0.25) is 0 Å². The van der Waals surface area contributed by atoms with Crippen molar-refractivity contribution in [1.29, 1.82) is 5.26 Å². The number of nitrogens with one attached hydrogen (secondary N) is 2. The average Bonchev–Trinajstić information content (AvgIpc) is 2.74. The number of nitriles is 1. The van der Waals surface area contributed by atoms with Crippen molar-refractivity contribution in [2.24, 2.45) is 5.11 Å². The van der Waals surface area contributed by atoms with Crippen LogP contribution in [0.4, 0.5) is 11.4 Å². The summed E-state index contributed by atoms with van der Waals surface area (Å²) in [5.74, 6) is 0. The van der Waals surface area contributed by atoms with Gasteiger partial charge in [-0.2, -0.15) is 5.26 Å². The standard InChI is InChI=1S/C21H16N6S/c22-14-15-9-11-18(12-10-15)24-21(28)25-20(16-5-2-1-3-6-16)17-7-4-8-19(13-17)26-27-23/h1-13,20H,(H2,24,25,28). The average molecular weight is 384 g/mol. The summed E-state index contributed by atoms with van der Waals surface area (Å²) in [5.41, 5.74) is 12.5. The Hall–Kier alpha value is -3.85. The van der Waals surface area contributed by atoms with Crippen LogP contribution in [0.3, 0.4) is 0 Å². The van der Waals surface area contributed by atoms with E-state index in [1.165, 1.54) is 0 Å². The van der Waals surface area contributed by atoms with Gasteiger partial charge >= 0.3 is 0 Å². The molecule has 7 heteroatoms. The van der Waals surface area contributed by atoms with Crippen molar-refractivity contribution >= 4 is 28.7 Å². The third-order valence-electron chi connectivity index (χ3n) is 4.04. The summed E-state index contributed by atoms with van der Waals surface area (Å²) in [4.78, 5) is 2.85. The SMILES string of the molecule is N#Cc1ccc(NC(=S)NC(c2ccccc2)c2cccc(N=[N+]=[N-])c2)cc1. The summed E-state index contributed by atoms with van der Waals surface area (Å²) in [6, 6.07) is 26.1. The molecule has 0 saturated carbocycles. The van der Waals surface area contributed by atoms with Crippen LogP contribution in [0.2, 0.25) is 0 Å². The van der Waals surface area contributed by atoms with Crippen LogP contribution in [0.15, 0.2) is 84.0 Å². The van der Waals surface area contributed by atoms with Gasteiger partial charge in [0.25, 0.3) is 0 Å². The highest BCUT2D eigenvalue weighted by Crippen LogP contribution is 2.26. The highest BCUT2D eigenvalue weighted by atomic mass is 32.1. The van der Waals surface area contributed by atoms with E-state index in [0.717, 1.165) is 16.8 Å². The van der Waals surface area contributed by atoms with E-state index in [0.29, 0.717) is 16.4 Å². The summed E-state index contributed by atoms with van der Waals surface area (Å²) in [7, 11) is 0. The fourth-order valence-corrected chi connectivity index (χ4v) is 2.98. The second-order valence-corrected chi connectivity index (χ2v) is 6.32. The zero-order valence-electron chi connectivity index (χ0n) is 14.8. The van der Waals surface area contributed by atoms with Gasteiger partial charge in [0.15, 0.2) is 5.11 Å². The largest absolute Gasteiger partial charge is 0.352 e. The Morgan fingerprint density at radius 3 is 2.39 bits per heavy atom. The quantitative estimate of drug-likeness (QED) is 0.260. The minimum Gasteiger partial charge on any atom is -0.352 e. The van der Waals surface area contributed by atoms with Gasteiger partial charge in [-0.15, -0.1) is 0 Å². The highest BCUT2D eigenvalue weighted by molar-refractivity contribution is 7.80. The van der Waals surface area contributed by atoms with Gasteiger partial charge in [0, 0.05) is 16.3 Å². The summed E-state index contributed by atoms with van der Waals surface area (Å²) in [6.45, 7) is 0. The maximum atomic E-state index is 8.90. The van der Waals surface area contributed by atoms with E-state index in [1.807, 2.05) is 48.5 Å². The number of hydrogen-bond acceptors (Lipinski definition) is 3. The molecular weight excluding hydrogens is 368 g/mol. The molecule has 3 aromatic carbocycles. The third kappa shape index (κ3) is 4.86. The lowest BCUT2D eigenvalue weighted by Crippen LogP contribution is -2.33. The Morgan fingerprint density at radius 1 is 1.00 bits per heavy atom. The minimum atomic E-state index is -0.228.